The molecule has 0 amide bonds. The molecule has 1 aromatic carbocycles. The molecule has 1 saturated heterocycles. The summed E-state index contributed by atoms with van der Waals surface area (Å²) in [5.74, 6) is 5.83. The van der Waals surface area contributed by atoms with Gasteiger partial charge in [-0.15, -0.1) is 0 Å². The van der Waals surface area contributed by atoms with Crippen molar-refractivity contribution in [2.45, 2.75) is 156 Å². The highest BCUT2D eigenvalue weighted by atomic mass is 16.5. The molecule has 1 aromatic rings. The van der Waals surface area contributed by atoms with E-state index in [0.29, 0.717) is 35.1 Å². The maximum atomic E-state index is 7.10. The van der Waals surface area contributed by atoms with Crippen LogP contribution in [0.25, 0.3) is 0 Å². The topological polar surface area (TPSA) is 21.7 Å². The minimum atomic E-state index is 0.448. The molecular formula is C42H69NO2. The first kappa shape index (κ1) is 34.0. The van der Waals surface area contributed by atoms with E-state index in [1.54, 1.807) is 0 Å². The molecule has 12 atom stereocenters. The van der Waals surface area contributed by atoms with Gasteiger partial charge >= 0.3 is 0 Å². The van der Waals surface area contributed by atoms with Crippen molar-refractivity contribution in [3.63, 3.8) is 0 Å². The predicted octanol–water partition coefficient (Wildman–Crippen LogP) is 10.6. The summed E-state index contributed by atoms with van der Waals surface area (Å²) in [6.45, 7) is 19.8. The van der Waals surface area contributed by atoms with Crippen molar-refractivity contribution >= 4 is 0 Å². The number of hydrogen-bond donors (Lipinski definition) is 0. The fraction of sp³-hybridized carbons (Fsp3) is 0.857. The van der Waals surface area contributed by atoms with Gasteiger partial charge in [0.1, 0.15) is 0 Å². The van der Waals surface area contributed by atoms with E-state index in [0.717, 1.165) is 42.1 Å². The maximum Gasteiger partial charge on any atom is 0.0720 e. The number of rotatable bonds is 14. The second-order valence-corrected chi connectivity index (χ2v) is 17.4. The quantitative estimate of drug-likeness (QED) is 0.207. The largest absolute Gasteiger partial charge is 0.374 e. The Bertz CT molecular complexity index is 1050. The Kier molecular flexibility index (Phi) is 11.1. The predicted molar refractivity (Wildman–Crippen MR) is 188 cm³/mol. The summed E-state index contributed by atoms with van der Waals surface area (Å²) in [5.41, 5.74) is 2.32. The average molecular weight is 620 g/mol. The number of ether oxygens (including phenoxy) is 2. The maximum absolute atomic E-state index is 7.10. The van der Waals surface area contributed by atoms with E-state index >= 15 is 0 Å². The van der Waals surface area contributed by atoms with Gasteiger partial charge < -0.3 is 14.4 Å². The molecule has 0 bridgehead atoms. The van der Waals surface area contributed by atoms with Gasteiger partial charge in [-0.2, -0.15) is 0 Å². The summed E-state index contributed by atoms with van der Waals surface area (Å²) in [4.78, 5) is 2.76. The van der Waals surface area contributed by atoms with Gasteiger partial charge in [0.25, 0.3) is 0 Å². The normalized spacial score (nSPS) is 41.4. The Morgan fingerprint density at radius 2 is 1.64 bits per heavy atom. The Hall–Kier alpha value is -0.900. The standard InChI is InChI=1S/C42H69NO2/c1-7-9-24-43(25-10-8-2)28-30(3)16-19-38-31(4)40-39(45-38)27-37-35-18-17-33-26-34(44-29-32-14-12-11-13-15-32)20-22-41(33,5)36(35)21-23-42(37,40)6/h11-15,30-31,33-40H,7-10,16-29H2,1-6H3/t30-,31+,33+,34-,35+,36-,37-,38+,39-,40-,41-,42-/m0/s1. The molecule has 5 aliphatic rings. The first-order valence-electron chi connectivity index (χ1n) is 19.8. The first-order chi connectivity index (χ1) is 21.8. The summed E-state index contributed by atoms with van der Waals surface area (Å²) in [6, 6.07) is 10.8. The molecule has 1 heterocycles. The molecule has 4 aliphatic carbocycles. The molecule has 0 aromatic heterocycles. The zero-order valence-electron chi connectivity index (χ0n) is 30.2. The molecule has 0 radical (unpaired) electrons. The van der Waals surface area contributed by atoms with E-state index in [9.17, 15) is 0 Å². The van der Waals surface area contributed by atoms with E-state index in [4.69, 9.17) is 9.47 Å². The van der Waals surface area contributed by atoms with Crippen LogP contribution in [0.2, 0.25) is 0 Å². The van der Waals surface area contributed by atoms with Gasteiger partial charge in [-0.1, -0.05) is 84.7 Å². The second kappa shape index (κ2) is 14.7. The van der Waals surface area contributed by atoms with Crippen LogP contribution in [0, 0.1) is 52.3 Å². The number of unbranched alkanes of at least 4 members (excludes halogenated alkanes) is 2. The highest BCUT2D eigenvalue weighted by Crippen LogP contribution is 2.70. The molecule has 5 fully saturated rings. The van der Waals surface area contributed by atoms with Gasteiger partial charge in [0.15, 0.2) is 0 Å². The fourth-order valence-corrected chi connectivity index (χ4v) is 12.2. The lowest BCUT2D eigenvalue weighted by Gasteiger charge is -2.61. The number of benzene rings is 1. The van der Waals surface area contributed by atoms with Gasteiger partial charge in [-0.3, -0.25) is 0 Å². The third-order valence-electron chi connectivity index (χ3n) is 14.7. The summed E-state index contributed by atoms with van der Waals surface area (Å²) in [5, 5.41) is 0. The van der Waals surface area contributed by atoms with Crippen molar-refractivity contribution in [1.29, 1.82) is 0 Å². The minimum absolute atomic E-state index is 0.448. The van der Waals surface area contributed by atoms with Gasteiger partial charge in [0.2, 0.25) is 0 Å². The molecule has 0 N–H and O–H groups in total. The van der Waals surface area contributed by atoms with Crippen LogP contribution < -0.4 is 0 Å². The summed E-state index contributed by atoms with van der Waals surface area (Å²) >= 11 is 0. The monoisotopic (exact) mass is 620 g/mol. The summed E-state index contributed by atoms with van der Waals surface area (Å²) < 4.78 is 13.6. The van der Waals surface area contributed by atoms with E-state index in [2.05, 4.69) is 76.8 Å². The fourth-order valence-electron chi connectivity index (χ4n) is 12.2. The van der Waals surface area contributed by atoms with Crippen molar-refractivity contribution in [3.8, 4) is 0 Å². The van der Waals surface area contributed by atoms with Crippen LogP contribution in [-0.2, 0) is 16.1 Å². The molecule has 4 saturated carbocycles. The van der Waals surface area contributed by atoms with Crippen LogP contribution in [0.3, 0.4) is 0 Å². The Morgan fingerprint density at radius 3 is 2.38 bits per heavy atom. The smallest absolute Gasteiger partial charge is 0.0720 e. The lowest BCUT2D eigenvalue weighted by atomic mass is 9.44. The SMILES string of the molecule is CCCCN(CCCC)C[C@@H](C)CC[C@H]1O[C@H]2C[C@H]3[C@@H]4CC[C@@H]5C[C@@H](OCc6ccccc6)CC[C@]5(C)[C@H]4CC[C@]3(C)[C@H]2[C@@H]1C. The van der Waals surface area contributed by atoms with Gasteiger partial charge in [0.05, 0.1) is 24.9 Å². The second-order valence-electron chi connectivity index (χ2n) is 17.4. The van der Waals surface area contributed by atoms with E-state index in [1.165, 1.54) is 115 Å². The average Bonchev–Trinajstić information content (AvgIpc) is 3.53. The van der Waals surface area contributed by atoms with Crippen molar-refractivity contribution < 1.29 is 9.47 Å². The molecular weight excluding hydrogens is 550 g/mol. The number of fused-ring (bicyclic) bond motifs is 7. The Labute approximate surface area is 278 Å². The van der Waals surface area contributed by atoms with E-state index < -0.39 is 0 Å². The van der Waals surface area contributed by atoms with Crippen LogP contribution in [0.1, 0.15) is 137 Å². The highest BCUT2D eigenvalue weighted by molar-refractivity contribution is 5.15. The zero-order valence-corrected chi connectivity index (χ0v) is 30.2. The van der Waals surface area contributed by atoms with Crippen molar-refractivity contribution in [1.82, 2.24) is 4.90 Å². The van der Waals surface area contributed by atoms with E-state index in [1.807, 2.05) is 0 Å². The Morgan fingerprint density at radius 1 is 0.911 bits per heavy atom. The molecule has 45 heavy (non-hydrogen) atoms. The lowest BCUT2D eigenvalue weighted by molar-refractivity contribution is -0.139. The van der Waals surface area contributed by atoms with Crippen LogP contribution in [0.15, 0.2) is 30.3 Å². The number of nitrogens with zero attached hydrogens (tertiary/aromatic N) is 1. The number of hydrogen-bond acceptors (Lipinski definition) is 3. The molecule has 254 valence electrons. The minimum Gasteiger partial charge on any atom is -0.374 e. The molecule has 6 rings (SSSR count). The van der Waals surface area contributed by atoms with Crippen molar-refractivity contribution in [2.75, 3.05) is 19.6 Å². The molecule has 0 unspecified atom stereocenters. The Balaban J connectivity index is 1.02. The molecule has 3 nitrogen and oxygen atoms in total. The lowest BCUT2D eigenvalue weighted by Crippen LogP contribution is -2.54. The first-order valence-corrected chi connectivity index (χ1v) is 19.8. The van der Waals surface area contributed by atoms with Crippen LogP contribution >= 0.6 is 0 Å². The van der Waals surface area contributed by atoms with Crippen molar-refractivity contribution in [2.24, 2.45) is 52.3 Å². The van der Waals surface area contributed by atoms with Crippen LogP contribution in [-0.4, -0.2) is 42.8 Å². The van der Waals surface area contributed by atoms with Gasteiger partial charge in [0, 0.05) is 6.54 Å². The third-order valence-corrected chi connectivity index (χ3v) is 14.7. The summed E-state index contributed by atoms with van der Waals surface area (Å²) in [6.07, 6.45) is 20.4. The van der Waals surface area contributed by atoms with Crippen molar-refractivity contribution in [3.05, 3.63) is 35.9 Å². The van der Waals surface area contributed by atoms with Crippen LogP contribution in [0.5, 0.6) is 0 Å². The zero-order chi connectivity index (χ0) is 31.6. The molecule has 3 heteroatoms. The summed E-state index contributed by atoms with van der Waals surface area (Å²) in [7, 11) is 0. The highest BCUT2D eigenvalue weighted by Gasteiger charge is 2.65. The van der Waals surface area contributed by atoms with Crippen LogP contribution in [0.4, 0.5) is 0 Å². The van der Waals surface area contributed by atoms with E-state index in [-0.39, 0.29) is 0 Å². The van der Waals surface area contributed by atoms with Gasteiger partial charge in [-0.25, -0.2) is 0 Å². The third kappa shape index (κ3) is 6.98. The van der Waals surface area contributed by atoms with Gasteiger partial charge in [-0.05, 0) is 148 Å². The molecule has 1 aliphatic heterocycles. The molecule has 0 spiro atoms.